The molecule has 2 aliphatic rings. The summed E-state index contributed by atoms with van der Waals surface area (Å²) in [5.41, 5.74) is 19.9. The molecular weight excluding hydrogens is 639 g/mol. The number of nitrogens with zero attached hydrogens (tertiary/aromatic N) is 1. The molecule has 0 saturated carbocycles. The van der Waals surface area contributed by atoms with Crippen molar-refractivity contribution in [1.29, 1.82) is 0 Å². The number of fused-ring (bicyclic) bond motifs is 4. The van der Waals surface area contributed by atoms with E-state index in [4.69, 9.17) is 0 Å². The molecule has 9 rings (SSSR count). The monoisotopic (exact) mass is 683 g/mol. The standard InChI is InChI=1S/C50H44BN2/c1-4-5-8-16-34-31-41(48-47(32-34)53-46-24-14-13-21-42(46)50(2,3)43-22-15-23-44(51-48)49(43)53)40-30-27-38(36-19-11-7-12-20-36)33-45(40)52-39-28-25-37(26-29-39)35-17-9-6-10-18-35/h6-7,9-15,17-33,52H,4-5,8,16H2,1-3H3. The van der Waals surface area contributed by atoms with Crippen LogP contribution in [0.3, 0.4) is 0 Å². The number of nitrogens with one attached hydrogen (secondary N) is 1. The summed E-state index contributed by atoms with van der Waals surface area (Å²) in [6.45, 7) is 7.04. The minimum atomic E-state index is -0.105. The molecule has 2 nitrogen and oxygen atoms in total. The predicted octanol–water partition coefficient (Wildman–Crippen LogP) is 12.2. The summed E-state index contributed by atoms with van der Waals surface area (Å²) in [7, 11) is 2.45. The molecule has 0 bridgehead atoms. The average molecular weight is 684 g/mol. The molecule has 2 heterocycles. The van der Waals surface area contributed by atoms with Crippen LogP contribution in [0.25, 0.3) is 33.4 Å². The van der Waals surface area contributed by atoms with Crippen LogP contribution in [-0.4, -0.2) is 7.28 Å². The third-order valence-electron chi connectivity index (χ3n) is 11.3. The van der Waals surface area contributed by atoms with E-state index in [0.717, 1.165) is 17.8 Å². The lowest BCUT2D eigenvalue weighted by molar-refractivity contribution is 0.632. The van der Waals surface area contributed by atoms with Crippen LogP contribution in [0.2, 0.25) is 0 Å². The lowest BCUT2D eigenvalue weighted by Crippen LogP contribution is -2.45. The number of aryl methyl sites for hydroxylation is 1. The van der Waals surface area contributed by atoms with Crippen LogP contribution in [0, 0.1) is 0 Å². The largest absolute Gasteiger partial charge is 0.355 e. The zero-order valence-corrected chi connectivity index (χ0v) is 30.9. The van der Waals surface area contributed by atoms with Crippen molar-refractivity contribution in [2.24, 2.45) is 0 Å². The molecule has 7 aromatic rings. The molecule has 3 heteroatoms. The van der Waals surface area contributed by atoms with Crippen LogP contribution in [0.4, 0.5) is 28.4 Å². The van der Waals surface area contributed by atoms with Crippen molar-refractivity contribution in [2.75, 3.05) is 10.2 Å². The van der Waals surface area contributed by atoms with Gasteiger partial charge in [-0.25, -0.2) is 0 Å². The summed E-state index contributed by atoms with van der Waals surface area (Å²) in [6, 6.07) is 57.9. The number of para-hydroxylation sites is 2. The van der Waals surface area contributed by atoms with E-state index < -0.39 is 0 Å². The molecule has 0 fully saturated rings. The molecule has 7 aromatic carbocycles. The van der Waals surface area contributed by atoms with Crippen molar-refractivity contribution in [3.8, 4) is 33.4 Å². The zero-order valence-electron chi connectivity index (χ0n) is 30.9. The minimum Gasteiger partial charge on any atom is -0.355 e. The third-order valence-corrected chi connectivity index (χ3v) is 11.3. The molecule has 0 aliphatic carbocycles. The van der Waals surface area contributed by atoms with Gasteiger partial charge in [-0.05, 0) is 93.1 Å². The number of rotatable bonds is 9. The van der Waals surface area contributed by atoms with E-state index in [0.29, 0.717) is 0 Å². The van der Waals surface area contributed by atoms with Crippen molar-refractivity contribution in [3.63, 3.8) is 0 Å². The van der Waals surface area contributed by atoms with Crippen molar-refractivity contribution in [1.82, 2.24) is 0 Å². The highest BCUT2D eigenvalue weighted by atomic mass is 15.2. The fourth-order valence-electron chi connectivity index (χ4n) is 8.50. The Hall–Kier alpha value is -5.80. The second kappa shape index (κ2) is 13.6. The molecule has 0 saturated heterocycles. The van der Waals surface area contributed by atoms with Crippen molar-refractivity contribution in [2.45, 2.75) is 51.9 Å². The predicted molar refractivity (Wildman–Crippen MR) is 228 cm³/mol. The highest BCUT2D eigenvalue weighted by molar-refractivity contribution is 6.73. The summed E-state index contributed by atoms with van der Waals surface area (Å²) in [6.07, 6.45) is 4.66. The molecule has 2 aliphatic heterocycles. The molecule has 0 unspecified atom stereocenters. The van der Waals surface area contributed by atoms with Gasteiger partial charge >= 0.3 is 0 Å². The maximum atomic E-state index is 3.90. The van der Waals surface area contributed by atoms with E-state index in [1.807, 2.05) is 0 Å². The zero-order chi connectivity index (χ0) is 35.9. The van der Waals surface area contributed by atoms with Gasteiger partial charge in [-0.15, -0.1) is 0 Å². The number of hydrogen-bond donors (Lipinski definition) is 1. The first kappa shape index (κ1) is 33.1. The van der Waals surface area contributed by atoms with Gasteiger partial charge in [-0.1, -0.05) is 166 Å². The van der Waals surface area contributed by atoms with Gasteiger partial charge in [0.05, 0.1) is 5.69 Å². The Kier molecular flexibility index (Phi) is 8.51. The molecule has 1 radical (unpaired) electrons. The second-order valence-corrected chi connectivity index (χ2v) is 15.1. The average Bonchev–Trinajstić information content (AvgIpc) is 3.20. The van der Waals surface area contributed by atoms with E-state index in [-0.39, 0.29) is 5.41 Å². The van der Waals surface area contributed by atoms with Gasteiger partial charge in [0.15, 0.2) is 7.28 Å². The molecular formula is C50H44BN2. The lowest BCUT2D eigenvalue weighted by atomic mass is 9.55. The summed E-state index contributed by atoms with van der Waals surface area (Å²) in [5.74, 6) is 0. The van der Waals surface area contributed by atoms with Gasteiger partial charge in [0, 0.05) is 33.7 Å². The van der Waals surface area contributed by atoms with Crippen LogP contribution in [0.5, 0.6) is 0 Å². The third kappa shape index (κ3) is 5.95. The Morgan fingerprint density at radius 3 is 1.98 bits per heavy atom. The SMILES string of the molecule is CCCCCc1cc(-c2ccc(-c3ccccc3)cc2Nc2ccc(-c3ccccc3)cc2)c2c(c1)N1c3ccccc3C(C)(C)c3cccc(c31)[B]2. The highest BCUT2D eigenvalue weighted by Crippen LogP contribution is 2.52. The molecule has 53 heavy (non-hydrogen) atoms. The summed E-state index contributed by atoms with van der Waals surface area (Å²) >= 11 is 0. The van der Waals surface area contributed by atoms with Gasteiger partial charge in [0.1, 0.15) is 0 Å². The molecule has 0 atom stereocenters. The van der Waals surface area contributed by atoms with E-state index in [1.165, 1.54) is 97.3 Å². The number of unbranched alkanes of at least 4 members (excludes halogenated alkanes) is 2. The summed E-state index contributed by atoms with van der Waals surface area (Å²) in [5, 5.41) is 3.90. The maximum absolute atomic E-state index is 3.90. The smallest absolute Gasteiger partial charge is 0.197 e. The first-order chi connectivity index (χ1) is 26.0. The highest BCUT2D eigenvalue weighted by Gasteiger charge is 2.41. The fraction of sp³-hybridized carbons (Fsp3) is 0.160. The Balaban J connectivity index is 1.23. The number of hydrogen-bond acceptors (Lipinski definition) is 2. The Morgan fingerprint density at radius 1 is 0.566 bits per heavy atom. The first-order valence-corrected chi connectivity index (χ1v) is 19.2. The minimum absolute atomic E-state index is 0.105. The van der Waals surface area contributed by atoms with Crippen molar-refractivity contribution >= 4 is 46.6 Å². The summed E-state index contributed by atoms with van der Waals surface area (Å²) in [4.78, 5) is 2.57. The van der Waals surface area contributed by atoms with Crippen LogP contribution < -0.4 is 21.1 Å². The Labute approximate surface area is 315 Å². The molecule has 257 valence electrons. The van der Waals surface area contributed by atoms with Crippen LogP contribution in [0.1, 0.15) is 56.7 Å². The Bertz CT molecular complexity index is 2430. The summed E-state index contributed by atoms with van der Waals surface area (Å²) < 4.78 is 0. The normalized spacial score (nSPS) is 13.4. The van der Waals surface area contributed by atoms with E-state index in [2.05, 4.69) is 196 Å². The van der Waals surface area contributed by atoms with Crippen LogP contribution in [-0.2, 0) is 11.8 Å². The number of anilines is 5. The molecule has 0 aromatic heterocycles. The van der Waals surface area contributed by atoms with Gasteiger partial charge in [0.2, 0.25) is 0 Å². The van der Waals surface area contributed by atoms with Crippen LogP contribution >= 0.6 is 0 Å². The van der Waals surface area contributed by atoms with Gasteiger partial charge in [-0.3, -0.25) is 0 Å². The van der Waals surface area contributed by atoms with Gasteiger partial charge < -0.3 is 10.2 Å². The van der Waals surface area contributed by atoms with Crippen LogP contribution in [0.15, 0.2) is 158 Å². The molecule has 1 N–H and O–H groups in total. The fourth-order valence-corrected chi connectivity index (χ4v) is 8.50. The lowest BCUT2D eigenvalue weighted by Gasteiger charge is -2.46. The quantitative estimate of drug-likeness (QED) is 0.120. The van der Waals surface area contributed by atoms with E-state index in [9.17, 15) is 0 Å². The molecule has 0 spiro atoms. The van der Waals surface area contributed by atoms with Gasteiger partial charge in [-0.2, -0.15) is 0 Å². The maximum Gasteiger partial charge on any atom is 0.197 e. The molecule has 0 amide bonds. The van der Waals surface area contributed by atoms with Crippen molar-refractivity contribution < 1.29 is 0 Å². The second-order valence-electron chi connectivity index (χ2n) is 15.1. The number of benzene rings is 7. The first-order valence-electron chi connectivity index (χ1n) is 19.2. The van der Waals surface area contributed by atoms with E-state index in [1.54, 1.807) is 0 Å². The van der Waals surface area contributed by atoms with Gasteiger partial charge in [0.25, 0.3) is 0 Å². The Morgan fingerprint density at radius 2 is 1.23 bits per heavy atom. The topological polar surface area (TPSA) is 15.3 Å². The van der Waals surface area contributed by atoms with Crippen molar-refractivity contribution in [3.05, 3.63) is 174 Å². The van der Waals surface area contributed by atoms with E-state index >= 15 is 0 Å².